The number of halogens is 1. The summed E-state index contributed by atoms with van der Waals surface area (Å²) in [6.07, 6.45) is 4.29. The van der Waals surface area contributed by atoms with E-state index < -0.39 is 0 Å². The summed E-state index contributed by atoms with van der Waals surface area (Å²) in [5, 5.41) is 9.17. The fourth-order valence-corrected chi connectivity index (χ4v) is 4.09. The van der Waals surface area contributed by atoms with Gasteiger partial charge in [0.1, 0.15) is 0 Å². The Bertz CT molecular complexity index is 923. The second-order valence-corrected chi connectivity index (χ2v) is 8.29. The lowest BCUT2D eigenvalue weighted by atomic mass is 10.1. The quantitative estimate of drug-likeness (QED) is 0.615. The molecule has 3 N–H and O–H groups in total. The molecule has 8 heteroatoms. The standard InChI is InChI=1S/C23H27ClN4O3/c24-16-5-7-17(8-6-16)26-23(30)27-18-9-10-21(28-11-1-2-12-28)20(14-18)22(29)25-15-19-4-3-13-31-19/h5-10,14,19H,1-4,11-13,15H2,(H,25,29)(H2,26,27,30). The second kappa shape index (κ2) is 10.0. The molecule has 0 radical (unpaired) electrons. The van der Waals surface area contributed by atoms with Gasteiger partial charge in [-0.15, -0.1) is 0 Å². The molecule has 1 unspecified atom stereocenters. The lowest BCUT2D eigenvalue weighted by Crippen LogP contribution is -2.33. The minimum atomic E-state index is -0.387. The maximum absolute atomic E-state index is 13.0. The Kier molecular flexibility index (Phi) is 6.94. The molecule has 2 heterocycles. The van der Waals surface area contributed by atoms with E-state index in [1.54, 1.807) is 30.3 Å². The van der Waals surface area contributed by atoms with Crippen molar-refractivity contribution >= 4 is 40.6 Å². The van der Waals surface area contributed by atoms with Crippen molar-refractivity contribution in [2.45, 2.75) is 31.8 Å². The monoisotopic (exact) mass is 442 g/mol. The molecule has 3 amide bonds. The van der Waals surface area contributed by atoms with Crippen LogP contribution in [0.2, 0.25) is 5.02 Å². The SMILES string of the molecule is O=C(Nc1ccc(Cl)cc1)Nc1ccc(N2CCCC2)c(C(=O)NCC2CCCO2)c1. The van der Waals surface area contributed by atoms with Crippen molar-refractivity contribution in [1.29, 1.82) is 0 Å². The molecule has 0 aliphatic carbocycles. The number of hydrogen-bond donors (Lipinski definition) is 3. The van der Waals surface area contributed by atoms with Crippen LogP contribution in [0.4, 0.5) is 21.9 Å². The van der Waals surface area contributed by atoms with Crippen molar-refractivity contribution in [1.82, 2.24) is 5.32 Å². The molecule has 164 valence electrons. The molecule has 7 nitrogen and oxygen atoms in total. The van der Waals surface area contributed by atoms with Gasteiger partial charge < -0.3 is 25.6 Å². The number of benzene rings is 2. The number of urea groups is 1. The summed E-state index contributed by atoms with van der Waals surface area (Å²) in [4.78, 5) is 27.6. The van der Waals surface area contributed by atoms with Gasteiger partial charge in [0.2, 0.25) is 0 Å². The zero-order valence-electron chi connectivity index (χ0n) is 17.3. The van der Waals surface area contributed by atoms with Crippen LogP contribution in [-0.2, 0) is 4.74 Å². The van der Waals surface area contributed by atoms with Gasteiger partial charge in [0.05, 0.1) is 11.7 Å². The second-order valence-electron chi connectivity index (χ2n) is 7.86. The summed E-state index contributed by atoms with van der Waals surface area (Å²) >= 11 is 5.88. The van der Waals surface area contributed by atoms with E-state index in [4.69, 9.17) is 16.3 Å². The smallest absolute Gasteiger partial charge is 0.323 e. The average molecular weight is 443 g/mol. The third-order valence-electron chi connectivity index (χ3n) is 5.56. The molecule has 2 saturated heterocycles. The lowest BCUT2D eigenvalue weighted by molar-refractivity contribution is 0.0858. The van der Waals surface area contributed by atoms with E-state index in [2.05, 4.69) is 20.9 Å². The zero-order chi connectivity index (χ0) is 21.6. The van der Waals surface area contributed by atoms with Gasteiger partial charge in [0.25, 0.3) is 5.91 Å². The topological polar surface area (TPSA) is 82.7 Å². The van der Waals surface area contributed by atoms with Gasteiger partial charge in [-0.3, -0.25) is 4.79 Å². The number of amides is 3. The van der Waals surface area contributed by atoms with Crippen molar-refractivity contribution in [3.63, 3.8) is 0 Å². The summed E-state index contributed by atoms with van der Waals surface area (Å²) in [5.74, 6) is -0.154. The van der Waals surface area contributed by atoms with E-state index in [1.807, 2.05) is 12.1 Å². The fraction of sp³-hybridized carbons (Fsp3) is 0.391. The number of anilines is 3. The lowest BCUT2D eigenvalue weighted by Gasteiger charge is -2.22. The minimum Gasteiger partial charge on any atom is -0.376 e. The highest BCUT2D eigenvalue weighted by Gasteiger charge is 2.22. The van der Waals surface area contributed by atoms with Gasteiger partial charge in [0.15, 0.2) is 0 Å². The Morgan fingerprint density at radius 3 is 2.42 bits per heavy atom. The van der Waals surface area contributed by atoms with Crippen LogP contribution in [0.5, 0.6) is 0 Å². The van der Waals surface area contributed by atoms with Gasteiger partial charge in [-0.25, -0.2) is 4.79 Å². The van der Waals surface area contributed by atoms with Crippen LogP contribution in [0.1, 0.15) is 36.0 Å². The number of carbonyl (C=O) groups excluding carboxylic acids is 2. The number of nitrogens with zero attached hydrogens (tertiary/aromatic N) is 1. The number of carbonyl (C=O) groups is 2. The first kappa shape index (κ1) is 21.5. The fourth-order valence-electron chi connectivity index (χ4n) is 3.96. The molecule has 2 aliphatic rings. The summed E-state index contributed by atoms with van der Waals surface area (Å²) in [7, 11) is 0. The number of hydrogen-bond acceptors (Lipinski definition) is 4. The zero-order valence-corrected chi connectivity index (χ0v) is 18.1. The van der Waals surface area contributed by atoms with Crippen molar-refractivity contribution < 1.29 is 14.3 Å². The van der Waals surface area contributed by atoms with E-state index in [9.17, 15) is 9.59 Å². The average Bonchev–Trinajstić information content (AvgIpc) is 3.48. The molecule has 4 rings (SSSR count). The highest BCUT2D eigenvalue weighted by atomic mass is 35.5. The van der Waals surface area contributed by atoms with E-state index in [1.165, 1.54) is 0 Å². The molecule has 2 aliphatic heterocycles. The largest absolute Gasteiger partial charge is 0.376 e. The molecule has 31 heavy (non-hydrogen) atoms. The first-order valence-corrected chi connectivity index (χ1v) is 11.1. The van der Waals surface area contributed by atoms with E-state index >= 15 is 0 Å². The van der Waals surface area contributed by atoms with Gasteiger partial charge >= 0.3 is 6.03 Å². The molecule has 0 bridgehead atoms. The Labute approximate surface area is 187 Å². The van der Waals surface area contributed by atoms with Crippen LogP contribution < -0.4 is 20.9 Å². The molecule has 2 fully saturated rings. The van der Waals surface area contributed by atoms with Gasteiger partial charge in [-0.2, -0.15) is 0 Å². The van der Waals surface area contributed by atoms with Crippen LogP contribution in [0.25, 0.3) is 0 Å². The van der Waals surface area contributed by atoms with E-state index in [0.29, 0.717) is 28.5 Å². The normalized spacial score (nSPS) is 18.1. The Balaban J connectivity index is 1.47. The first-order chi connectivity index (χ1) is 15.1. The molecular weight excluding hydrogens is 416 g/mol. The van der Waals surface area contributed by atoms with Crippen LogP contribution >= 0.6 is 11.6 Å². The maximum atomic E-state index is 13.0. The van der Waals surface area contributed by atoms with Crippen LogP contribution in [0.3, 0.4) is 0 Å². The van der Waals surface area contributed by atoms with Gasteiger partial charge in [0, 0.05) is 48.3 Å². The summed E-state index contributed by atoms with van der Waals surface area (Å²) in [5.41, 5.74) is 2.64. The van der Waals surface area contributed by atoms with Crippen molar-refractivity contribution in [3.8, 4) is 0 Å². The van der Waals surface area contributed by atoms with Gasteiger partial charge in [-0.1, -0.05) is 11.6 Å². The molecule has 0 saturated carbocycles. The van der Waals surface area contributed by atoms with Crippen molar-refractivity contribution in [2.24, 2.45) is 0 Å². The van der Waals surface area contributed by atoms with Gasteiger partial charge in [-0.05, 0) is 68.1 Å². The molecule has 2 aromatic carbocycles. The number of nitrogens with one attached hydrogen (secondary N) is 3. The van der Waals surface area contributed by atoms with Crippen LogP contribution in [0, 0.1) is 0 Å². The third kappa shape index (κ3) is 5.68. The maximum Gasteiger partial charge on any atom is 0.323 e. The highest BCUT2D eigenvalue weighted by Crippen LogP contribution is 2.28. The minimum absolute atomic E-state index is 0.0747. The van der Waals surface area contributed by atoms with Crippen molar-refractivity contribution in [2.75, 3.05) is 41.8 Å². The number of ether oxygens (including phenoxy) is 1. The Morgan fingerprint density at radius 2 is 1.71 bits per heavy atom. The molecule has 2 aromatic rings. The highest BCUT2D eigenvalue weighted by molar-refractivity contribution is 6.30. The molecule has 1 atom stereocenters. The Hall–Kier alpha value is -2.77. The Morgan fingerprint density at radius 1 is 1.00 bits per heavy atom. The van der Waals surface area contributed by atoms with Crippen LogP contribution in [0.15, 0.2) is 42.5 Å². The van der Waals surface area contributed by atoms with E-state index in [0.717, 1.165) is 51.1 Å². The molecule has 0 aromatic heterocycles. The molecule has 0 spiro atoms. The van der Waals surface area contributed by atoms with Crippen LogP contribution in [-0.4, -0.2) is 44.3 Å². The number of rotatable bonds is 6. The predicted octanol–water partition coefficient (Wildman–Crippen LogP) is 4.49. The summed E-state index contributed by atoms with van der Waals surface area (Å²) < 4.78 is 5.61. The molecular formula is C23H27ClN4O3. The third-order valence-corrected chi connectivity index (χ3v) is 5.81. The summed E-state index contributed by atoms with van der Waals surface area (Å²) in [6.45, 7) is 3.10. The summed E-state index contributed by atoms with van der Waals surface area (Å²) in [6, 6.07) is 11.9. The van der Waals surface area contributed by atoms with Crippen molar-refractivity contribution in [3.05, 3.63) is 53.1 Å². The first-order valence-electron chi connectivity index (χ1n) is 10.7. The predicted molar refractivity (Wildman–Crippen MR) is 123 cm³/mol. The van der Waals surface area contributed by atoms with E-state index in [-0.39, 0.29) is 18.0 Å².